The van der Waals surface area contributed by atoms with Crippen LogP contribution < -0.4 is 5.32 Å². The molecule has 0 aromatic carbocycles. The Labute approximate surface area is 385 Å². The molecule has 0 aliphatic heterocycles. The van der Waals surface area contributed by atoms with Gasteiger partial charge in [-0.3, -0.25) is 9.59 Å². The first kappa shape index (κ1) is 59.8. The van der Waals surface area contributed by atoms with Crippen molar-refractivity contribution in [3.63, 3.8) is 0 Å². The number of allylic oxidation sites excluding steroid dienone is 7. The van der Waals surface area contributed by atoms with Crippen LogP contribution in [0, 0.1) is 0 Å². The van der Waals surface area contributed by atoms with Gasteiger partial charge in [-0.15, -0.1) is 0 Å². The SMILES string of the molecule is CCCCC/C=C\C/C=C\CCCCCCCCCCCC(=O)OCCCCCCCC/C=C\CCCCCCCCCC(=O)NC(CO)C(O)/C=C/CCCCCCCCC. The molecule has 0 radical (unpaired) electrons. The summed E-state index contributed by atoms with van der Waals surface area (Å²) in [6.07, 6.45) is 64.1. The van der Waals surface area contributed by atoms with Gasteiger partial charge in [0.15, 0.2) is 0 Å². The highest BCUT2D eigenvalue weighted by molar-refractivity contribution is 5.76. The van der Waals surface area contributed by atoms with E-state index >= 15 is 0 Å². The van der Waals surface area contributed by atoms with Crippen molar-refractivity contribution in [2.75, 3.05) is 13.2 Å². The second-order valence-electron chi connectivity index (χ2n) is 18.2. The van der Waals surface area contributed by atoms with Gasteiger partial charge in [-0.25, -0.2) is 0 Å². The first-order valence-corrected chi connectivity index (χ1v) is 26.9. The topological polar surface area (TPSA) is 95.9 Å². The zero-order valence-electron chi connectivity index (χ0n) is 41.1. The quantitative estimate of drug-likeness (QED) is 0.0322. The molecule has 0 aliphatic carbocycles. The second kappa shape index (κ2) is 51.5. The molecule has 1 amide bonds. The Morgan fingerprint density at radius 1 is 0.452 bits per heavy atom. The summed E-state index contributed by atoms with van der Waals surface area (Å²) in [6, 6.07) is -0.635. The summed E-state index contributed by atoms with van der Waals surface area (Å²) >= 11 is 0. The maximum atomic E-state index is 12.4. The number of hydrogen-bond donors (Lipinski definition) is 3. The van der Waals surface area contributed by atoms with Crippen LogP contribution in [0.5, 0.6) is 0 Å². The monoisotopic (exact) mass is 870 g/mol. The molecule has 362 valence electrons. The molecule has 0 rings (SSSR count). The highest BCUT2D eigenvalue weighted by Gasteiger charge is 2.18. The molecule has 0 aromatic heterocycles. The van der Waals surface area contributed by atoms with Gasteiger partial charge in [0, 0.05) is 12.8 Å². The van der Waals surface area contributed by atoms with Crippen molar-refractivity contribution in [2.45, 2.75) is 283 Å². The van der Waals surface area contributed by atoms with Crippen molar-refractivity contribution in [2.24, 2.45) is 0 Å². The van der Waals surface area contributed by atoms with Crippen LogP contribution in [0.15, 0.2) is 48.6 Å². The number of carbonyl (C=O) groups is 2. The molecule has 0 heterocycles. The van der Waals surface area contributed by atoms with E-state index in [0.29, 0.717) is 19.4 Å². The molecular formula is C56H103NO5. The van der Waals surface area contributed by atoms with Crippen molar-refractivity contribution in [3.8, 4) is 0 Å². The van der Waals surface area contributed by atoms with Gasteiger partial charge in [0.2, 0.25) is 5.91 Å². The summed E-state index contributed by atoms with van der Waals surface area (Å²) in [5, 5.41) is 22.9. The fraction of sp³-hybridized carbons (Fsp3) is 0.821. The number of nitrogens with one attached hydrogen (secondary N) is 1. The molecule has 62 heavy (non-hydrogen) atoms. The maximum absolute atomic E-state index is 12.4. The fourth-order valence-corrected chi connectivity index (χ4v) is 7.89. The number of hydrogen-bond acceptors (Lipinski definition) is 5. The Bertz CT molecular complexity index is 1050. The Morgan fingerprint density at radius 3 is 1.27 bits per heavy atom. The molecule has 0 saturated heterocycles. The van der Waals surface area contributed by atoms with Gasteiger partial charge in [-0.05, 0) is 89.9 Å². The number of rotatable bonds is 49. The number of unbranched alkanes of at least 4 members (excludes halogenated alkanes) is 32. The second-order valence-corrected chi connectivity index (χ2v) is 18.2. The van der Waals surface area contributed by atoms with Crippen molar-refractivity contribution >= 4 is 11.9 Å². The molecule has 0 aliphatic rings. The summed E-state index contributed by atoms with van der Waals surface area (Å²) in [7, 11) is 0. The lowest BCUT2D eigenvalue weighted by Crippen LogP contribution is -2.45. The predicted molar refractivity (Wildman–Crippen MR) is 269 cm³/mol. The van der Waals surface area contributed by atoms with Crippen molar-refractivity contribution in [1.82, 2.24) is 5.32 Å². The average Bonchev–Trinajstić information content (AvgIpc) is 3.27. The first-order chi connectivity index (χ1) is 30.5. The minimum absolute atomic E-state index is 0.00762. The minimum Gasteiger partial charge on any atom is -0.466 e. The van der Waals surface area contributed by atoms with Gasteiger partial charge >= 0.3 is 5.97 Å². The number of esters is 1. The van der Waals surface area contributed by atoms with Gasteiger partial charge in [-0.2, -0.15) is 0 Å². The Kier molecular flexibility index (Phi) is 49.6. The van der Waals surface area contributed by atoms with Crippen LogP contribution in [0.2, 0.25) is 0 Å². The van der Waals surface area contributed by atoms with E-state index in [1.54, 1.807) is 6.08 Å². The van der Waals surface area contributed by atoms with Gasteiger partial charge in [0.25, 0.3) is 0 Å². The normalized spacial score (nSPS) is 13.0. The Hall–Kier alpha value is -2.18. The number of aliphatic hydroxyl groups is 2. The van der Waals surface area contributed by atoms with E-state index in [9.17, 15) is 19.8 Å². The third-order valence-corrected chi connectivity index (χ3v) is 12.1. The molecule has 0 fully saturated rings. The smallest absolute Gasteiger partial charge is 0.305 e. The molecule has 6 nitrogen and oxygen atoms in total. The van der Waals surface area contributed by atoms with E-state index < -0.39 is 12.1 Å². The highest BCUT2D eigenvalue weighted by Crippen LogP contribution is 2.15. The minimum atomic E-state index is -0.851. The standard InChI is InChI=1S/C56H103NO5/c1-3-5-7-9-11-13-14-15-16-17-18-21-24-27-30-34-38-42-46-50-56(61)62-51-47-43-39-35-31-28-25-22-19-20-23-26-29-33-37-41-45-49-55(60)57-53(52-58)54(59)48-44-40-36-32-12-10-8-6-4-2/h11,13,15-16,19,22,44,48,53-54,58-59H,3-10,12,14,17-18,20-21,23-43,45-47,49-52H2,1-2H3,(H,57,60)/b13-11-,16-15-,22-19-,48-44+. The molecule has 2 atom stereocenters. The predicted octanol–water partition coefficient (Wildman–Crippen LogP) is 16.2. The van der Waals surface area contributed by atoms with Gasteiger partial charge in [0.1, 0.15) is 0 Å². The van der Waals surface area contributed by atoms with E-state index in [-0.39, 0.29) is 18.5 Å². The van der Waals surface area contributed by atoms with Gasteiger partial charge in [-0.1, -0.05) is 217 Å². The van der Waals surface area contributed by atoms with E-state index in [1.807, 2.05) is 6.08 Å². The number of amides is 1. The lowest BCUT2D eigenvalue weighted by molar-refractivity contribution is -0.143. The van der Waals surface area contributed by atoms with Crippen LogP contribution in [0.1, 0.15) is 271 Å². The zero-order chi connectivity index (χ0) is 45.1. The van der Waals surface area contributed by atoms with E-state index in [0.717, 1.165) is 64.2 Å². The summed E-state index contributed by atoms with van der Waals surface area (Å²) in [4.78, 5) is 24.4. The van der Waals surface area contributed by atoms with Gasteiger partial charge in [0.05, 0.1) is 25.4 Å². The molecule has 0 aromatic rings. The first-order valence-electron chi connectivity index (χ1n) is 26.9. The summed E-state index contributed by atoms with van der Waals surface area (Å²) in [6.45, 7) is 4.82. The highest BCUT2D eigenvalue weighted by atomic mass is 16.5. The van der Waals surface area contributed by atoms with Gasteiger partial charge < -0.3 is 20.3 Å². The number of carbonyl (C=O) groups excluding carboxylic acids is 2. The van der Waals surface area contributed by atoms with Crippen LogP contribution in [0.3, 0.4) is 0 Å². The summed E-state index contributed by atoms with van der Waals surface area (Å²) in [5.41, 5.74) is 0. The molecule has 3 N–H and O–H groups in total. The molecular weight excluding hydrogens is 767 g/mol. The molecule has 0 spiro atoms. The van der Waals surface area contributed by atoms with Crippen LogP contribution >= 0.6 is 0 Å². The fourth-order valence-electron chi connectivity index (χ4n) is 7.89. The van der Waals surface area contributed by atoms with Crippen LogP contribution in [-0.4, -0.2) is 47.4 Å². The average molecular weight is 870 g/mol. The van der Waals surface area contributed by atoms with Crippen molar-refractivity contribution < 1.29 is 24.5 Å². The van der Waals surface area contributed by atoms with E-state index in [1.165, 1.54) is 180 Å². The van der Waals surface area contributed by atoms with Crippen LogP contribution in [0.25, 0.3) is 0 Å². The lowest BCUT2D eigenvalue weighted by atomic mass is 10.1. The zero-order valence-corrected chi connectivity index (χ0v) is 41.1. The maximum Gasteiger partial charge on any atom is 0.305 e. The molecule has 6 heteroatoms. The lowest BCUT2D eigenvalue weighted by Gasteiger charge is -2.20. The van der Waals surface area contributed by atoms with Crippen LogP contribution in [-0.2, 0) is 14.3 Å². The Balaban J connectivity index is 3.44. The number of aliphatic hydroxyl groups excluding tert-OH is 2. The third-order valence-electron chi connectivity index (χ3n) is 12.1. The summed E-state index contributed by atoms with van der Waals surface area (Å²) in [5.74, 6) is -0.0917. The molecule has 2 unspecified atom stereocenters. The van der Waals surface area contributed by atoms with Crippen LogP contribution in [0.4, 0.5) is 0 Å². The third kappa shape index (κ3) is 47.3. The van der Waals surface area contributed by atoms with E-state index in [2.05, 4.69) is 55.6 Å². The largest absolute Gasteiger partial charge is 0.466 e. The van der Waals surface area contributed by atoms with E-state index in [4.69, 9.17) is 4.74 Å². The summed E-state index contributed by atoms with van der Waals surface area (Å²) < 4.78 is 5.47. The molecule has 0 saturated carbocycles. The van der Waals surface area contributed by atoms with Crippen molar-refractivity contribution in [3.05, 3.63) is 48.6 Å². The Morgan fingerprint density at radius 2 is 0.806 bits per heavy atom. The number of ether oxygens (including phenoxy) is 1. The molecule has 0 bridgehead atoms. The van der Waals surface area contributed by atoms with Crippen molar-refractivity contribution in [1.29, 1.82) is 0 Å².